The van der Waals surface area contributed by atoms with Crippen molar-refractivity contribution in [1.82, 2.24) is 4.57 Å². The zero-order valence-corrected chi connectivity index (χ0v) is 20.1. The van der Waals surface area contributed by atoms with Gasteiger partial charge in [-0.2, -0.15) is 0 Å². The quantitative estimate of drug-likeness (QED) is 0.304. The summed E-state index contributed by atoms with van der Waals surface area (Å²) >= 11 is 7.25. The lowest BCUT2D eigenvalue weighted by atomic mass is 9.94. The summed E-state index contributed by atoms with van der Waals surface area (Å²) in [5, 5.41) is 12.1. The van der Waals surface area contributed by atoms with Crippen molar-refractivity contribution >= 4 is 40.7 Å². The predicted molar refractivity (Wildman–Crippen MR) is 130 cm³/mol. The Kier molecular flexibility index (Phi) is 6.49. The second-order valence-electron chi connectivity index (χ2n) is 7.66. The van der Waals surface area contributed by atoms with Crippen molar-refractivity contribution in [2.24, 2.45) is 4.99 Å². The fourth-order valence-electron chi connectivity index (χ4n) is 3.85. The normalized spacial score (nSPS) is 15.6. The molecule has 1 aliphatic rings. The summed E-state index contributed by atoms with van der Waals surface area (Å²) in [5.74, 6) is -0.624. The minimum Gasteiger partial charge on any atom is -0.463 e. The highest BCUT2D eigenvalue weighted by Gasteiger charge is 2.34. The van der Waals surface area contributed by atoms with Gasteiger partial charge in [-0.3, -0.25) is 19.5 Å². The van der Waals surface area contributed by atoms with Crippen LogP contribution in [0.3, 0.4) is 0 Å². The summed E-state index contributed by atoms with van der Waals surface area (Å²) in [7, 11) is 0. The summed E-state index contributed by atoms with van der Waals surface area (Å²) in [4.78, 5) is 42.5. The number of benzene rings is 2. The van der Waals surface area contributed by atoms with Gasteiger partial charge in [0, 0.05) is 16.7 Å². The number of allylic oxidation sites excluding steroid dienone is 1. The molecule has 0 unspecified atom stereocenters. The first-order valence-corrected chi connectivity index (χ1v) is 11.6. The van der Waals surface area contributed by atoms with Crippen LogP contribution >= 0.6 is 22.9 Å². The number of hydrogen-bond donors (Lipinski definition) is 0. The Hall–Kier alpha value is -3.56. The van der Waals surface area contributed by atoms with E-state index in [0.717, 1.165) is 5.56 Å². The predicted octanol–water partition coefficient (Wildman–Crippen LogP) is 3.67. The molecule has 4 rings (SSSR count). The molecule has 0 saturated heterocycles. The van der Waals surface area contributed by atoms with E-state index in [9.17, 15) is 19.7 Å². The number of nitro benzene ring substituents is 1. The standard InChI is InChI=1S/C24H20ClN3O5S/c1-4-33-23(30)20-14(3)26-24-27(21(20)16-9-8-13(2)18(12-16)28(31)32)22(29)19(34-24)11-15-6-5-7-17(25)10-15/h5-12,21H,4H2,1-3H3/b19-11+/t21-/m1/s1. The van der Waals surface area contributed by atoms with Crippen LogP contribution in [-0.4, -0.2) is 22.1 Å². The van der Waals surface area contributed by atoms with E-state index in [1.165, 1.54) is 22.0 Å². The molecule has 0 bridgehead atoms. The van der Waals surface area contributed by atoms with Crippen LogP contribution in [0.25, 0.3) is 6.08 Å². The van der Waals surface area contributed by atoms with Crippen LogP contribution in [0, 0.1) is 17.0 Å². The lowest BCUT2D eigenvalue weighted by Gasteiger charge is -2.24. The summed E-state index contributed by atoms with van der Waals surface area (Å²) in [6.45, 7) is 5.11. The van der Waals surface area contributed by atoms with Gasteiger partial charge < -0.3 is 4.74 Å². The molecule has 3 aromatic rings. The van der Waals surface area contributed by atoms with E-state index in [-0.39, 0.29) is 23.4 Å². The van der Waals surface area contributed by atoms with E-state index in [1.54, 1.807) is 57.2 Å². The maximum atomic E-state index is 13.5. The summed E-state index contributed by atoms with van der Waals surface area (Å²) < 4.78 is 7.04. The molecule has 8 nitrogen and oxygen atoms in total. The van der Waals surface area contributed by atoms with Gasteiger partial charge in [0.15, 0.2) is 4.80 Å². The number of aryl methyl sites for hydroxylation is 1. The maximum Gasteiger partial charge on any atom is 0.338 e. The molecule has 0 saturated carbocycles. The van der Waals surface area contributed by atoms with Crippen molar-refractivity contribution in [1.29, 1.82) is 0 Å². The van der Waals surface area contributed by atoms with Gasteiger partial charge in [0.25, 0.3) is 11.2 Å². The topological polar surface area (TPSA) is 104 Å². The summed E-state index contributed by atoms with van der Waals surface area (Å²) in [6.07, 6.45) is 1.70. The monoisotopic (exact) mass is 497 g/mol. The number of thiazole rings is 1. The van der Waals surface area contributed by atoms with E-state index in [0.29, 0.717) is 31.2 Å². The van der Waals surface area contributed by atoms with E-state index in [2.05, 4.69) is 4.99 Å². The van der Waals surface area contributed by atoms with Crippen LogP contribution in [0.15, 0.2) is 63.5 Å². The molecular formula is C24H20ClN3O5S. The largest absolute Gasteiger partial charge is 0.463 e. The third-order valence-corrected chi connectivity index (χ3v) is 6.63. The first-order valence-electron chi connectivity index (χ1n) is 10.4. The van der Waals surface area contributed by atoms with Crippen molar-refractivity contribution in [2.75, 3.05) is 6.61 Å². The van der Waals surface area contributed by atoms with Gasteiger partial charge in [0.05, 0.1) is 33.4 Å². The van der Waals surface area contributed by atoms with Crippen LogP contribution in [0.4, 0.5) is 5.69 Å². The van der Waals surface area contributed by atoms with Crippen molar-refractivity contribution < 1.29 is 14.5 Å². The van der Waals surface area contributed by atoms with E-state index in [1.807, 2.05) is 6.07 Å². The molecule has 0 radical (unpaired) electrons. The molecule has 1 atom stereocenters. The van der Waals surface area contributed by atoms with Gasteiger partial charge in [-0.05, 0) is 50.1 Å². The van der Waals surface area contributed by atoms with Gasteiger partial charge in [-0.15, -0.1) is 0 Å². The molecule has 10 heteroatoms. The number of carbonyl (C=O) groups is 1. The highest BCUT2D eigenvalue weighted by molar-refractivity contribution is 7.07. The number of fused-ring (bicyclic) bond motifs is 1. The number of nitrogens with zero attached hydrogens (tertiary/aromatic N) is 3. The molecule has 0 spiro atoms. The number of esters is 1. The molecule has 0 N–H and O–H groups in total. The SMILES string of the molecule is CCOC(=O)C1=C(C)N=c2s/c(=C/c3cccc(Cl)c3)c(=O)n2[C@@H]1c1ccc(C)c([N+](=O)[O-])c1. The summed E-state index contributed by atoms with van der Waals surface area (Å²) in [6, 6.07) is 10.8. The first-order chi connectivity index (χ1) is 16.2. The molecule has 174 valence electrons. The molecule has 1 aliphatic heterocycles. The second-order valence-corrected chi connectivity index (χ2v) is 9.11. The van der Waals surface area contributed by atoms with Crippen LogP contribution in [0.5, 0.6) is 0 Å². The Morgan fingerprint density at radius 2 is 2.06 bits per heavy atom. The van der Waals surface area contributed by atoms with Crippen molar-refractivity contribution in [3.63, 3.8) is 0 Å². The van der Waals surface area contributed by atoms with E-state index in [4.69, 9.17) is 16.3 Å². The van der Waals surface area contributed by atoms with Crippen LogP contribution in [0.2, 0.25) is 5.02 Å². The minimum absolute atomic E-state index is 0.101. The van der Waals surface area contributed by atoms with Crippen LogP contribution < -0.4 is 14.9 Å². The fraction of sp³-hybridized carbons (Fsp3) is 0.208. The first kappa shape index (κ1) is 23.6. The Morgan fingerprint density at radius 3 is 2.74 bits per heavy atom. The number of ether oxygens (including phenoxy) is 1. The number of aromatic nitrogens is 1. The fourth-order valence-corrected chi connectivity index (χ4v) is 5.09. The third-order valence-electron chi connectivity index (χ3n) is 5.41. The zero-order chi connectivity index (χ0) is 24.6. The molecular weight excluding hydrogens is 478 g/mol. The van der Waals surface area contributed by atoms with Gasteiger partial charge in [0.1, 0.15) is 0 Å². The molecule has 0 amide bonds. The van der Waals surface area contributed by atoms with Crippen LogP contribution in [0.1, 0.15) is 36.6 Å². The van der Waals surface area contributed by atoms with E-state index < -0.39 is 16.9 Å². The van der Waals surface area contributed by atoms with Crippen molar-refractivity contribution in [3.05, 3.63) is 105 Å². The number of carbonyl (C=O) groups excluding carboxylic acids is 1. The molecule has 2 heterocycles. The summed E-state index contributed by atoms with van der Waals surface area (Å²) in [5.41, 5.74) is 1.72. The number of rotatable bonds is 5. The zero-order valence-electron chi connectivity index (χ0n) is 18.6. The lowest BCUT2D eigenvalue weighted by Crippen LogP contribution is -2.40. The molecule has 2 aromatic carbocycles. The minimum atomic E-state index is -0.920. The Balaban J connectivity index is 2.00. The van der Waals surface area contributed by atoms with Gasteiger partial charge in [-0.25, -0.2) is 9.79 Å². The molecule has 0 fully saturated rings. The van der Waals surface area contributed by atoms with Crippen LogP contribution in [-0.2, 0) is 9.53 Å². The number of nitro groups is 1. The average Bonchev–Trinajstić information content (AvgIpc) is 3.07. The van der Waals surface area contributed by atoms with E-state index >= 15 is 0 Å². The highest BCUT2D eigenvalue weighted by atomic mass is 35.5. The smallest absolute Gasteiger partial charge is 0.338 e. The highest BCUT2D eigenvalue weighted by Crippen LogP contribution is 2.33. The van der Waals surface area contributed by atoms with Crippen molar-refractivity contribution in [3.8, 4) is 0 Å². The Morgan fingerprint density at radius 1 is 1.29 bits per heavy atom. The van der Waals surface area contributed by atoms with Gasteiger partial charge in [0.2, 0.25) is 0 Å². The molecule has 1 aromatic heterocycles. The third kappa shape index (κ3) is 4.32. The number of hydrogen-bond acceptors (Lipinski definition) is 7. The second kappa shape index (κ2) is 9.36. The molecule has 34 heavy (non-hydrogen) atoms. The molecule has 0 aliphatic carbocycles. The average molecular weight is 498 g/mol. The number of halogens is 1. The Bertz CT molecular complexity index is 1540. The Labute approximate surface area is 203 Å². The van der Waals surface area contributed by atoms with Crippen molar-refractivity contribution in [2.45, 2.75) is 26.8 Å². The lowest BCUT2D eigenvalue weighted by molar-refractivity contribution is -0.385. The maximum absolute atomic E-state index is 13.5. The van der Waals surface area contributed by atoms with Gasteiger partial charge >= 0.3 is 5.97 Å². The van der Waals surface area contributed by atoms with Gasteiger partial charge in [-0.1, -0.05) is 47.2 Å².